The van der Waals surface area contributed by atoms with Gasteiger partial charge in [0.05, 0.1) is 13.2 Å². The van der Waals surface area contributed by atoms with Crippen molar-refractivity contribution in [2.45, 2.75) is 181 Å². The SMILES string of the molecule is CCCCCCCCCCCCOc1ccc[n+](CCCCCC[n+]2cccc(OCCCCCCCCCCCC)c2)c1.[Br-].[Br-]. The van der Waals surface area contributed by atoms with Crippen LogP contribution in [0.3, 0.4) is 0 Å². The van der Waals surface area contributed by atoms with Crippen LogP contribution in [0.25, 0.3) is 0 Å². The monoisotopic (exact) mass is 768 g/mol. The molecular weight excluding hydrogens is 700 g/mol. The number of aryl methyl sites for hydroxylation is 2. The lowest BCUT2D eigenvalue weighted by atomic mass is 10.1. The van der Waals surface area contributed by atoms with Crippen molar-refractivity contribution in [2.75, 3.05) is 13.2 Å². The molecule has 0 aliphatic rings. The van der Waals surface area contributed by atoms with Crippen molar-refractivity contribution in [1.82, 2.24) is 0 Å². The summed E-state index contributed by atoms with van der Waals surface area (Å²) in [5.74, 6) is 2.02. The molecule has 0 saturated carbocycles. The molecule has 4 nitrogen and oxygen atoms in total. The maximum absolute atomic E-state index is 6.05. The van der Waals surface area contributed by atoms with Crippen molar-refractivity contribution in [2.24, 2.45) is 0 Å². The third-order valence-corrected chi connectivity index (χ3v) is 8.78. The molecule has 2 heterocycles. The van der Waals surface area contributed by atoms with Gasteiger partial charge in [-0.25, -0.2) is 9.13 Å². The van der Waals surface area contributed by atoms with Gasteiger partial charge in [-0.3, -0.25) is 0 Å². The topological polar surface area (TPSA) is 26.2 Å². The molecule has 0 atom stereocenters. The van der Waals surface area contributed by atoms with E-state index < -0.39 is 0 Å². The fourth-order valence-electron chi connectivity index (χ4n) is 5.95. The Balaban J connectivity index is 0.0000101. The van der Waals surface area contributed by atoms with Gasteiger partial charge < -0.3 is 43.4 Å². The van der Waals surface area contributed by atoms with Crippen molar-refractivity contribution in [1.29, 1.82) is 0 Å². The molecule has 266 valence electrons. The Hall–Kier alpha value is -1.14. The van der Waals surface area contributed by atoms with Gasteiger partial charge in [0.1, 0.15) is 13.1 Å². The minimum absolute atomic E-state index is 0. The van der Waals surface area contributed by atoms with Gasteiger partial charge in [-0.15, -0.1) is 0 Å². The van der Waals surface area contributed by atoms with E-state index in [1.165, 1.54) is 141 Å². The molecule has 2 aromatic heterocycles. The van der Waals surface area contributed by atoms with E-state index in [0.717, 1.165) is 50.6 Å². The van der Waals surface area contributed by atoms with Crippen LogP contribution in [0.4, 0.5) is 0 Å². The fraction of sp³-hybridized carbons (Fsp3) is 0.750. The fourth-order valence-corrected chi connectivity index (χ4v) is 5.95. The Morgan fingerprint density at radius 3 is 1.07 bits per heavy atom. The predicted molar refractivity (Wildman–Crippen MR) is 186 cm³/mol. The molecule has 0 aliphatic heterocycles. The highest BCUT2D eigenvalue weighted by molar-refractivity contribution is 5.13. The summed E-state index contributed by atoms with van der Waals surface area (Å²) in [6.45, 7) is 8.37. The first-order valence-electron chi connectivity index (χ1n) is 19.1. The van der Waals surface area contributed by atoms with Crippen LogP contribution in [0, 0.1) is 0 Å². The molecule has 0 radical (unpaired) electrons. The normalized spacial score (nSPS) is 10.7. The molecule has 0 spiro atoms. The number of ether oxygens (including phenoxy) is 2. The van der Waals surface area contributed by atoms with E-state index in [9.17, 15) is 0 Å². The van der Waals surface area contributed by atoms with Crippen molar-refractivity contribution in [3.63, 3.8) is 0 Å². The molecule has 0 aliphatic carbocycles. The molecular formula is C40H70Br2N2O2. The summed E-state index contributed by atoms with van der Waals surface area (Å²) in [4.78, 5) is 0. The van der Waals surface area contributed by atoms with Gasteiger partial charge in [0, 0.05) is 25.0 Å². The third-order valence-electron chi connectivity index (χ3n) is 8.78. The molecule has 0 fully saturated rings. The van der Waals surface area contributed by atoms with Crippen molar-refractivity contribution in [3.05, 3.63) is 49.1 Å². The first kappa shape index (κ1) is 44.9. The number of nitrogens with zero attached hydrogens (tertiary/aromatic N) is 2. The van der Waals surface area contributed by atoms with Crippen LogP contribution in [-0.2, 0) is 13.1 Å². The first-order chi connectivity index (χ1) is 21.8. The molecule has 0 saturated heterocycles. The summed E-state index contributed by atoms with van der Waals surface area (Å²) >= 11 is 0. The zero-order valence-corrected chi connectivity index (χ0v) is 33.1. The molecule has 0 unspecified atom stereocenters. The second kappa shape index (κ2) is 33.7. The Kier molecular flexibility index (Phi) is 32.9. The van der Waals surface area contributed by atoms with E-state index in [4.69, 9.17) is 9.47 Å². The number of rotatable bonds is 31. The first-order valence-corrected chi connectivity index (χ1v) is 19.1. The molecule has 0 amide bonds. The lowest BCUT2D eigenvalue weighted by Crippen LogP contribution is -3.00. The quantitative estimate of drug-likeness (QED) is 0.0787. The van der Waals surface area contributed by atoms with Crippen molar-refractivity contribution >= 4 is 0 Å². The minimum Gasteiger partial charge on any atom is -1.00 e. The van der Waals surface area contributed by atoms with Gasteiger partial charge in [0.2, 0.25) is 12.4 Å². The molecule has 46 heavy (non-hydrogen) atoms. The average Bonchev–Trinajstić information content (AvgIpc) is 3.04. The van der Waals surface area contributed by atoms with Gasteiger partial charge in [-0.2, -0.15) is 0 Å². The highest BCUT2D eigenvalue weighted by Crippen LogP contribution is 2.13. The van der Waals surface area contributed by atoms with E-state index in [1.807, 2.05) is 0 Å². The highest BCUT2D eigenvalue weighted by Gasteiger charge is 2.06. The molecule has 0 N–H and O–H groups in total. The Morgan fingerprint density at radius 2 is 0.717 bits per heavy atom. The molecule has 0 aromatic carbocycles. The molecule has 2 rings (SSSR count). The third kappa shape index (κ3) is 25.9. The molecule has 2 aromatic rings. The van der Waals surface area contributed by atoms with E-state index >= 15 is 0 Å². The zero-order valence-electron chi connectivity index (χ0n) is 29.9. The molecule has 0 bridgehead atoms. The second-order valence-corrected chi connectivity index (χ2v) is 13.0. The standard InChI is InChI=1S/C40H70N2O2.2BrH/c1-3-5-7-9-11-13-15-17-21-25-35-43-39-29-27-33-41(37-39)31-23-19-20-24-32-42-34-28-30-40(38-42)44-36-26-22-18-16-14-12-10-8-6-4-2;;/h27-30,33-34,37-38H,3-26,31-32,35-36H2,1-2H3;2*1H/q+2;;/p-2. The summed E-state index contributed by atoms with van der Waals surface area (Å²) in [7, 11) is 0. The van der Waals surface area contributed by atoms with E-state index in [2.05, 4.69) is 72.0 Å². The van der Waals surface area contributed by atoms with Gasteiger partial charge in [-0.05, 0) is 37.8 Å². The van der Waals surface area contributed by atoms with Crippen LogP contribution in [0.5, 0.6) is 11.5 Å². The van der Waals surface area contributed by atoms with Gasteiger partial charge in [-0.1, -0.05) is 129 Å². The van der Waals surface area contributed by atoms with E-state index in [-0.39, 0.29) is 34.0 Å². The Labute approximate surface area is 306 Å². The van der Waals surface area contributed by atoms with Crippen LogP contribution in [0.2, 0.25) is 0 Å². The lowest BCUT2D eigenvalue weighted by Gasteiger charge is -2.06. The largest absolute Gasteiger partial charge is 1.00 e. The maximum atomic E-state index is 6.05. The number of hydrogen-bond acceptors (Lipinski definition) is 2. The summed E-state index contributed by atoms with van der Waals surface area (Å²) in [6.07, 6.45) is 40.8. The average molecular weight is 771 g/mol. The van der Waals surface area contributed by atoms with E-state index in [1.54, 1.807) is 0 Å². The lowest BCUT2D eigenvalue weighted by molar-refractivity contribution is -0.699. The second-order valence-electron chi connectivity index (χ2n) is 13.0. The predicted octanol–water partition coefficient (Wildman–Crippen LogP) is 5.13. The Morgan fingerprint density at radius 1 is 0.413 bits per heavy atom. The van der Waals surface area contributed by atoms with E-state index in [0.29, 0.717) is 0 Å². The smallest absolute Gasteiger partial charge is 0.211 e. The van der Waals surface area contributed by atoms with Crippen LogP contribution >= 0.6 is 0 Å². The van der Waals surface area contributed by atoms with Crippen molar-refractivity contribution in [3.8, 4) is 11.5 Å². The van der Waals surface area contributed by atoms with Crippen LogP contribution in [0.15, 0.2) is 49.1 Å². The van der Waals surface area contributed by atoms with Gasteiger partial charge in [0.25, 0.3) is 0 Å². The van der Waals surface area contributed by atoms with Crippen LogP contribution in [-0.4, -0.2) is 13.2 Å². The minimum atomic E-state index is 0. The maximum Gasteiger partial charge on any atom is 0.211 e. The number of aromatic nitrogens is 2. The van der Waals surface area contributed by atoms with Crippen LogP contribution < -0.4 is 52.6 Å². The Bertz CT molecular complexity index is 841. The number of pyridine rings is 2. The van der Waals surface area contributed by atoms with Crippen molar-refractivity contribution < 1.29 is 52.6 Å². The summed E-state index contributed by atoms with van der Waals surface area (Å²) in [5, 5.41) is 0. The number of halogens is 2. The molecule has 6 heteroatoms. The highest BCUT2D eigenvalue weighted by atomic mass is 79.9. The zero-order chi connectivity index (χ0) is 31.2. The number of hydrogen-bond donors (Lipinski definition) is 0. The summed E-state index contributed by atoms with van der Waals surface area (Å²) in [6, 6.07) is 8.43. The summed E-state index contributed by atoms with van der Waals surface area (Å²) in [5.41, 5.74) is 0. The van der Waals surface area contributed by atoms with Crippen LogP contribution in [0.1, 0.15) is 168 Å². The van der Waals surface area contributed by atoms with Gasteiger partial charge in [0.15, 0.2) is 23.9 Å². The van der Waals surface area contributed by atoms with Gasteiger partial charge >= 0.3 is 0 Å². The summed E-state index contributed by atoms with van der Waals surface area (Å²) < 4.78 is 16.7. The number of unbranched alkanes of at least 4 members (excludes halogenated alkanes) is 21.